The Bertz CT molecular complexity index is 1080. The molecule has 0 spiro atoms. The number of rotatable bonds is 6. The monoisotopic (exact) mass is 558 g/mol. The lowest BCUT2D eigenvalue weighted by molar-refractivity contribution is -0.179. The van der Waals surface area contributed by atoms with Crippen LogP contribution in [0.25, 0.3) is 0 Å². The molecule has 10 heteroatoms. The van der Waals surface area contributed by atoms with E-state index in [1.54, 1.807) is 19.9 Å². The maximum absolute atomic E-state index is 13.4. The summed E-state index contributed by atoms with van der Waals surface area (Å²) in [5.74, 6) is -2.81. The summed E-state index contributed by atoms with van der Waals surface area (Å²) in [5.41, 5.74) is -0.183. The first kappa shape index (κ1) is 31.3. The zero-order valence-electron chi connectivity index (χ0n) is 24.1. The Labute approximate surface area is 235 Å². The average Bonchev–Trinajstić information content (AvgIpc) is 3.69. The van der Waals surface area contributed by atoms with Gasteiger partial charge in [-0.3, -0.25) is 14.4 Å². The first-order chi connectivity index (χ1) is 18.8. The number of carbonyl (C=O) groups excluding carboxylic acids is 4. The van der Waals surface area contributed by atoms with Gasteiger partial charge in [0.05, 0.1) is 17.6 Å². The smallest absolute Gasteiger partial charge is 0.347 e. The zero-order valence-corrected chi connectivity index (χ0v) is 24.1. The van der Waals surface area contributed by atoms with Gasteiger partial charge in [-0.15, -0.1) is 0 Å². The van der Waals surface area contributed by atoms with E-state index in [-0.39, 0.29) is 43.4 Å². The number of benzene rings is 1. The average molecular weight is 559 g/mol. The molecule has 2 aliphatic heterocycles. The zero-order chi connectivity index (χ0) is 29.6. The van der Waals surface area contributed by atoms with Gasteiger partial charge < -0.3 is 30.0 Å². The van der Waals surface area contributed by atoms with Crippen LogP contribution in [0.5, 0.6) is 0 Å². The lowest BCUT2D eigenvalue weighted by atomic mass is 9.92. The third kappa shape index (κ3) is 8.38. The van der Waals surface area contributed by atoms with Gasteiger partial charge in [-0.05, 0) is 44.7 Å². The number of esters is 2. The molecule has 0 saturated carbocycles. The number of epoxide rings is 1. The van der Waals surface area contributed by atoms with Crippen molar-refractivity contribution in [1.82, 2.24) is 10.6 Å². The summed E-state index contributed by atoms with van der Waals surface area (Å²) in [6.45, 7) is 10.1. The molecule has 2 heterocycles. The van der Waals surface area contributed by atoms with E-state index in [0.29, 0.717) is 0 Å². The molecule has 3 N–H and O–H groups in total. The number of carbonyl (C=O) groups is 4. The Balaban J connectivity index is 1.89. The van der Waals surface area contributed by atoms with Crippen LogP contribution >= 0.6 is 0 Å². The van der Waals surface area contributed by atoms with Crippen molar-refractivity contribution in [2.75, 3.05) is 6.54 Å². The molecule has 3 rings (SSSR count). The van der Waals surface area contributed by atoms with Crippen molar-refractivity contribution in [3.05, 3.63) is 48.0 Å². The van der Waals surface area contributed by atoms with E-state index in [1.807, 2.05) is 51.1 Å². The van der Waals surface area contributed by atoms with Crippen LogP contribution in [0.4, 0.5) is 0 Å². The topological polar surface area (TPSA) is 144 Å². The van der Waals surface area contributed by atoms with Gasteiger partial charge in [-0.2, -0.15) is 0 Å². The van der Waals surface area contributed by atoms with Crippen LogP contribution in [0.2, 0.25) is 0 Å². The lowest BCUT2D eigenvalue weighted by Crippen LogP contribution is -2.54. The summed E-state index contributed by atoms with van der Waals surface area (Å²) >= 11 is 0. The number of cyclic esters (lactones) is 2. The molecule has 0 aliphatic carbocycles. The summed E-state index contributed by atoms with van der Waals surface area (Å²) in [7, 11) is 0. The van der Waals surface area contributed by atoms with Crippen molar-refractivity contribution >= 4 is 23.8 Å². The Kier molecular flexibility index (Phi) is 10.5. The quantitative estimate of drug-likeness (QED) is 0.357. The van der Waals surface area contributed by atoms with Crippen LogP contribution in [0.3, 0.4) is 0 Å². The summed E-state index contributed by atoms with van der Waals surface area (Å²) in [5, 5.41) is 15.2. The van der Waals surface area contributed by atoms with Gasteiger partial charge >= 0.3 is 11.9 Å². The number of ether oxygens (including phenoxy) is 3. The number of hydrogen-bond acceptors (Lipinski definition) is 8. The summed E-state index contributed by atoms with van der Waals surface area (Å²) in [6.07, 6.45) is -0.117. The van der Waals surface area contributed by atoms with Gasteiger partial charge in [-0.25, -0.2) is 4.79 Å². The van der Waals surface area contributed by atoms with Crippen molar-refractivity contribution < 1.29 is 38.5 Å². The molecule has 2 aliphatic rings. The SMILES string of the molecule is CC(C)CC1OC(=O)C(C)(C)CNC(=O)[C@@H]([C@H](C)O)NC(=O)/C=C/C[C@@H]([C@H](C)[C@H]2O[C@@H]2c2ccccc2)OC1=O. The molecular formula is C30H42N2O8. The minimum atomic E-state index is -1.23. The van der Waals surface area contributed by atoms with Crippen molar-refractivity contribution in [2.45, 2.75) is 90.9 Å². The van der Waals surface area contributed by atoms with E-state index in [4.69, 9.17) is 14.2 Å². The number of aliphatic hydroxyl groups excluding tert-OH is 1. The molecule has 7 atom stereocenters. The maximum atomic E-state index is 13.4. The summed E-state index contributed by atoms with van der Waals surface area (Å²) in [4.78, 5) is 51.9. The Morgan fingerprint density at radius 3 is 2.33 bits per heavy atom. The Hall–Kier alpha value is -3.24. The Morgan fingerprint density at radius 1 is 1.02 bits per heavy atom. The Morgan fingerprint density at radius 2 is 1.70 bits per heavy atom. The minimum absolute atomic E-state index is 0.0271. The van der Waals surface area contributed by atoms with Crippen molar-refractivity contribution in [1.29, 1.82) is 0 Å². The molecular weight excluding hydrogens is 516 g/mol. The number of hydrogen-bond donors (Lipinski definition) is 3. The van der Waals surface area contributed by atoms with Gasteiger partial charge in [0.25, 0.3) is 0 Å². The highest BCUT2D eigenvalue weighted by Gasteiger charge is 2.48. The highest BCUT2D eigenvalue weighted by atomic mass is 16.6. The summed E-state index contributed by atoms with van der Waals surface area (Å²) < 4.78 is 17.6. The van der Waals surface area contributed by atoms with Gasteiger partial charge in [0.15, 0.2) is 6.10 Å². The van der Waals surface area contributed by atoms with Crippen LogP contribution in [0, 0.1) is 17.3 Å². The third-order valence-corrected chi connectivity index (χ3v) is 7.18. The first-order valence-corrected chi connectivity index (χ1v) is 13.8. The van der Waals surface area contributed by atoms with E-state index >= 15 is 0 Å². The molecule has 2 amide bonds. The van der Waals surface area contributed by atoms with Crippen LogP contribution in [-0.4, -0.2) is 65.9 Å². The van der Waals surface area contributed by atoms with Gasteiger partial charge in [-0.1, -0.05) is 57.2 Å². The van der Waals surface area contributed by atoms with Crippen LogP contribution < -0.4 is 10.6 Å². The molecule has 220 valence electrons. The van der Waals surface area contributed by atoms with E-state index in [0.717, 1.165) is 5.56 Å². The largest absolute Gasteiger partial charge is 0.459 e. The van der Waals surface area contributed by atoms with E-state index in [9.17, 15) is 24.3 Å². The fraction of sp³-hybridized carbons (Fsp3) is 0.600. The molecule has 0 bridgehead atoms. The van der Waals surface area contributed by atoms with Crippen LogP contribution in [0.15, 0.2) is 42.5 Å². The van der Waals surface area contributed by atoms with Gasteiger partial charge in [0.2, 0.25) is 11.8 Å². The second kappa shape index (κ2) is 13.4. The molecule has 0 radical (unpaired) electrons. The second-order valence-electron chi connectivity index (χ2n) is 11.8. The predicted octanol–water partition coefficient (Wildman–Crippen LogP) is 2.60. The van der Waals surface area contributed by atoms with E-state index in [2.05, 4.69) is 10.6 Å². The molecule has 1 unspecified atom stereocenters. The molecule has 1 saturated heterocycles. The number of amides is 2. The van der Waals surface area contributed by atoms with Crippen molar-refractivity contribution in [2.24, 2.45) is 17.3 Å². The highest BCUT2D eigenvalue weighted by Crippen LogP contribution is 2.45. The standard InChI is InChI=1S/C30H42N2O8/c1-17(2)15-22-28(36)38-21(18(3)25-26(40-25)20-11-8-7-9-12-20)13-10-14-23(34)32-24(19(4)33)27(35)31-16-30(5,6)29(37)39-22/h7-12,14,17-19,21-22,24-26,33H,13,15-16H2,1-6H3,(H,31,35)(H,32,34)/b14-10+/t18-,19-,21-,22?,24+,25+,26+/m0/s1. The third-order valence-electron chi connectivity index (χ3n) is 7.18. The molecule has 1 fully saturated rings. The first-order valence-electron chi connectivity index (χ1n) is 13.8. The number of nitrogens with one attached hydrogen (secondary N) is 2. The van der Waals surface area contributed by atoms with Crippen LogP contribution in [-0.2, 0) is 33.4 Å². The molecule has 40 heavy (non-hydrogen) atoms. The maximum Gasteiger partial charge on any atom is 0.347 e. The van der Waals surface area contributed by atoms with Crippen molar-refractivity contribution in [3.8, 4) is 0 Å². The van der Waals surface area contributed by atoms with Crippen LogP contribution in [0.1, 0.15) is 66.1 Å². The fourth-order valence-electron chi connectivity index (χ4n) is 4.56. The molecule has 10 nitrogen and oxygen atoms in total. The molecule has 0 aromatic heterocycles. The normalized spacial score (nSPS) is 30.4. The van der Waals surface area contributed by atoms with Crippen molar-refractivity contribution in [3.63, 3.8) is 0 Å². The van der Waals surface area contributed by atoms with E-state index in [1.165, 1.54) is 13.0 Å². The predicted molar refractivity (Wildman–Crippen MR) is 147 cm³/mol. The van der Waals surface area contributed by atoms with E-state index < -0.39 is 53.5 Å². The highest BCUT2D eigenvalue weighted by molar-refractivity contribution is 5.93. The summed E-state index contributed by atoms with van der Waals surface area (Å²) in [6, 6.07) is 8.50. The fourth-order valence-corrected chi connectivity index (χ4v) is 4.56. The molecule has 1 aromatic carbocycles. The minimum Gasteiger partial charge on any atom is -0.459 e. The van der Waals surface area contributed by atoms with Gasteiger partial charge in [0, 0.05) is 18.9 Å². The van der Waals surface area contributed by atoms with Gasteiger partial charge in [0.1, 0.15) is 18.2 Å². The lowest BCUT2D eigenvalue weighted by Gasteiger charge is -2.29. The second-order valence-corrected chi connectivity index (χ2v) is 11.8. The number of aliphatic hydroxyl groups is 1. The molecule has 1 aromatic rings.